The minimum atomic E-state index is -0.592. The minimum absolute atomic E-state index is 0.0347. The lowest BCUT2D eigenvalue weighted by atomic mass is 10.0. The molecule has 2 amide bonds. The molecular formula is C31H39ClN4O3S. The van der Waals surface area contributed by atoms with E-state index >= 15 is 0 Å². The van der Waals surface area contributed by atoms with Gasteiger partial charge in [0.1, 0.15) is 5.60 Å². The van der Waals surface area contributed by atoms with Crippen LogP contribution in [0.2, 0.25) is 5.02 Å². The third-order valence-electron chi connectivity index (χ3n) is 6.83. The Morgan fingerprint density at radius 1 is 1.02 bits per heavy atom. The Bertz CT molecular complexity index is 1250. The maximum atomic E-state index is 13.2. The van der Waals surface area contributed by atoms with Crippen molar-refractivity contribution in [3.8, 4) is 0 Å². The molecule has 1 atom stereocenters. The number of halogens is 1. The third-order valence-corrected chi connectivity index (χ3v) is 8.02. The van der Waals surface area contributed by atoms with Gasteiger partial charge in [-0.05, 0) is 74.4 Å². The molecule has 0 unspecified atom stereocenters. The van der Waals surface area contributed by atoms with Crippen molar-refractivity contribution >= 4 is 40.6 Å². The van der Waals surface area contributed by atoms with Gasteiger partial charge in [0.05, 0.1) is 12.6 Å². The molecule has 0 aliphatic carbocycles. The highest BCUT2D eigenvalue weighted by Crippen LogP contribution is 2.25. The molecule has 0 saturated carbocycles. The van der Waals surface area contributed by atoms with Gasteiger partial charge in [0.25, 0.3) is 0 Å². The van der Waals surface area contributed by atoms with Crippen LogP contribution in [-0.4, -0.2) is 66.2 Å². The maximum Gasteiger partial charge on any atom is 0.410 e. The standard InChI is InChI=1S/C31H39ClN4O3S/c1-31(2,3)39-30(38)36(15-14-26-8-6-20-40-26)22-24-7-4-5-9-28(24)34-16-18-35(19-17-34)29(37)27(33)21-23-10-12-25(32)13-11-23/h4-13,20,27H,14-19,21-22,33H2,1-3H3/t27-/m1/s1. The highest BCUT2D eigenvalue weighted by Gasteiger charge is 2.28. The number of hydrogen-bond acceptors (Lipinski definition) is 6. The summed E-state index contributed by atoms with van der Waals surface area (Å²) in [4.78, 5) is 33.4. The second-order valence-corrected chi connectivity index (χ2v) is 12.6. The van der Waals surface area contributed by atoms with Gasteiger partial charge in [-0.1, -0.05) is 48.0 Å². The molecule has 1 saturated heterocycles. The number of thiophene rings is 1. The van der Waals surface area contributed by atoms with E-state index in [4.69, 9.17) is 22.1 Å². The minimum Gasteiger partial charge on any atom is -0.444 e. The van der Waals surface area contributed by atoms with Gasteiger partial charge in [0.15, 0.2) is 0 Å². The zero-order chi connectivity index (χ0) is 28.7. The molecule has 3 aromatic rings. The van der Waals surface area contributed by atoms with Crippen LogP contribution < -0.4 is 10.6 Å². The molecule has 0 bridgehead atoms. The van der Waals surface area contributed by atoms with E-state index in [-0.39, 0.29) is 12.0 Å². The number of para-hydroxylation sites is 1. The van der Waals surface area contributed by atoms with E-state index in [0.29, 0.717) is 50.7 Å². The molecule has 9 heteroatoms. The molecule has 2 N–H and O–H groups in total. The lowest BCUT2D eigenvalue weighted by molar-refractivity contribution is -0.132. The van der Waals surface area contributed by atoms with E-state index < -0.39 is 11.6 Å². The van der Waals surface area contributed by atoms with Crippen molar-refractivity contribution in [1.29, 1.82) is 0 Å². The number of hydrogen-bond donors (Lipinski definition) is 1. The van der Waals surface area contributed by atoms with E-state index in [9.17, 15) is 9.59 Å². The molecule has 1 fully saturated rings. The number of amides is 2. The molecular weight excluding hydrogens is 544 g/mol. The summed E-state index contributed by atoms with van der Waals surface area (Å²) in [7, 11) is 0. The van der Waals surface area contributed by atoms with E-state index in [1.54, 1.807) is 16.2 Å². The second-order valence-electron chi connectivity index (χ2n) is 11.1. The zero-order valence-electron chi connectivity index (χ0n) is 23.5. The smallest absolute Gasteiger partial charge is 0.410 e. The van der Waals surface area contributed by atoms with Crippen LogP contribution in [0.3, 0.4) is 0 Å². The van der Waals surface area contributed by atoms with Gasteiger partial charge in [0.2, 0.25) is 5.91 Å². The molecule has 214 valence electrons. The van der Waals surface area contributed by atoms with Crippen molar-refractivity contribution in [2.24, 2.45) is 5.73 Å². The Morgan fingerprint density at radius 2 is 1.73 bits per heavy atom. The zero-order valence-corrected chi connectivity index (χ0v) is 25.1. The van der Waals surface area contributed by atoms with E-state index in [2.05, 4.69) is 28.5 Å². The van der Waals surface area contributed by atoms with E-state index in [1.807, 2.05) is 68.1 Å². The number of nitrogens with two attached hydrogens (primary N) is 1. The van der Waals surface area contributed by atoms with Crippen LogP contribution >= 0.6 is 22.9 Å². The van der Waals surface area contributed by atoms with Crippen LogP contribution in [0, 0.1) is 0 Å². The number of anilines is 1. The van der Waals surface area contributed by atoms with Crippen LogP contribution in [0.5, 0.6) is 0 Å². The Balaban J connectivity index is 1.40. The van der Waals surface area contributed by atoms with Gasteiger partial charge in [-0.3, -0.25) is 4.79 Å². The van der Waals surface area contributed by atoms with Gasteiger partial charge in [-0.15, -0.1) is 11.3 Å². The summed E-state index contributed by atoms with van der Waals surface area (Å²) < 4.78 is 5.75. The first kappa shape index (κ1) is 29.9. The van der Waals surface area contributed by atoms with Gasteiger partial charge in [0, 0.05) is 48.3 Å². The van der Waals surface area contributed by atoms with Crippen LogP contribution in [0.1, 0.15) is 36.8 Å². The van der Waals surface area contributed by atoms with Crippen molar-refractivity contribution in [2.75, 3.05) is 37.6 Å². The Kier molecular flexibility index (Phi) is 10.1. The summed E-state index contributed by atoms with van der Waals surface area (Å²) in [6, 6.07) is 19.1. The molecule has 7 nitrogen and oxygen atoms in total. The number of ether oxygens (including phenoxy) is 1. The summed E-state index contributed by atoms with van der Waals surface area (Å²) in [5.74, 6) is -0.0347. The molecule has 2 heterocycles. The van der Waals surface area contributed by atoms with Crippen LogP contribution in [0.15, 0.2) is 66.0 Å². The summed E-state index contributed by atoms with van der Waals surface area (Å²) in [5, 5.41) is 2.72. The van der Waals surface area contributed by atoms with Crippen molar-refractivity contribution < 1.29 is 14.3 Å². The molecule has 1 aromatic heterocycles. The first-order valence-electron chi connectivity index (χ1n) is 13.7. The molecule has 1 aliphatic rings. The topological polar surface area (TPSA) is 79.1 Å². The summed E-state index contributed by atoms with van der Waals surface area (Å²) >= 11 is 7.67. The fraction of sp³-hybridized carbons (Fsp3) is 0.419. The van der Waals surface area contributed by atoms with Gasteiger partial charge in [-0.25, -0.2) is 4.79 Å². The lowest BCUT2D eigenvalue weighted by Crippen LogP contribution is -2.54. The first-order chi connectivity index (χ1) is 19.1. The highest BCUT2D eigenvalue weighted by molar-refractivity contribution is 7.09. The predicted molar refractivity (Wildman–Crippen MR) is 163 cm³/mol. The summed E-state index contributed by atoms with van der Waals surface area (Å²) in [6.07, 6.45) is 0.935. The molecule has 2 aromatic carbocycles. The Morgan fingerprint density at radius 3 is 2.38 bits per heavy atom. The Hall–Kier alpha value is -3.07. The fourth-order valence-electron chi connectivity index (χ4n) is 4.78. The van der Waals surface area contributed by atoms with Crippen molar-refractivity contribution in [1.82, 2.24) is 9.80 Å². The van der Waals surface area contributed by atoms with Crippen LogP contribution in [-0.2, 0) is 28.9 Å². The summed E-state index contributed by atoms with van der Waals surface area (Å²) in [6.45, 7) is 9.25. The number of rotatable bonds is 9. The van der Waals surface area contributed by atoms with Crippen molar-refractivity contribution in [3.05, 3.63) is 87.1 Å². The van der Waals surface area contributed by atoms with Gasteiger partial charge in [-0.2, -0.15) is 0 Å². The van der Waals surface area contributed by atoms with Gasteiger partial charge >= 0.3 is 6.09 Å². The second kappa shape index (κ2) is 13.5. The van der Waals surface area contributed by atoms with Crippen LogP contribution in [0.4, 0.5) is 10.5 Å². The molecule has 0 radical (unpaired) electrons. The molecule has 4 rings (SSSR count). The average molecular weight is 583 g/mol. The fourth-order valence-corrected chi connectivity index (χ4v) is 5.61. The SMILES string of the molecule is CC(C)(C)OC(=O)N(CCc1cccs1)Cc1ccccc1N1CCN(C(=O)[C@H](N)Cc2ccc(Cl)cc2)CC1. The first-order valence-corrected chi connectivity index (χ1v) is 15.0. The van der Waals surface area contributed by atoms with Gasteiger partial charge < -0.3 is 25.2 Å². The predicted octanol–water partition coefficient (Wildman–Crippen LogP) is 5.60. The largest absolute Gasteiger partial charge is 0.444 e. The Labute approximate surface area is 246 Å². The normalized spacial score (nSPS) is 14.6. The monoisotopic (exact) mass is 582 g/mol. The summed E-state index contributed by atoms with van der Waals surface area (Å²) in [5.41, 5.74) is 8.84. The number of benzene rings is 2. The van der Waals surface area contributed by atoms with Crippen molar-refractivity contribution in [3.63, 3.8) is 0 Å². The molecule has 40 heavy (non-hydrogen) atoms. The number of carbonyl (C=O) groups excluding carboxylic acids is 2. The quantitative estimate of drug-likeness (QED) is 0.355. The molecule has 0 spiro atoms. The van der Waals surface area contributed by atoms with Crippen LogP contribution in [0.25, 0.3) is 0 Å². The molecule has 1 aliphatic heterocycles. The third kappa shape index (κ3) is 8.46. The average Bonchev–Trinajstić information content (AvgIpc) is 3.45. The maximum absolute atomic E-state index is 13.2. The van der Waals surface area contributed by atoms with E-state index in [1.165, 1.54) is 4.88 Å². The lowest BCUT2D eigenvalue weighted by Gasteiger charge is -2.38. The van der Waals surface area contributed by atoms with Crippen molar-refractivity contribution in [2.45, 2.75) is 51.8 Å². The number of carbonyl (C=O) groups is 2. The number of piperazine rings is 1. The number of nitrogens with zero attached hydrogens (tertiary/aromatic N) is 3. The highest BCUT2D eigenvalue weighted by atomic mass is 35.5. The van der Waals surface area contributed by atoms with E-state index in [0.717, 1.165) is 23.2 Å².